The zero-order chi connectivity index (χ0) is 43.1. The first-order chi connectivity index (χ1) is 32.7. The molecule has 308 valence electrons. The van der Waals surface area contributed by atoms with Gasteiger partial charge in [0.25, 0.3) is 0 Å². The lowest BCUT2D eigenvalue weighted by molar-refractivity contribution is 0.487. The molecule has 0 saturated heterocycles. The molecule has 0 amide bonds. The molecular weight excluding hydrogens is 841 g/mol. The van der Waals surface area contributed by atoms with Gasteiger partial charge in [0.2, 0.25) is 0 Å². The second-order valence-electron chi connectivity index (χ2n) is 17.6. The van der Waals surface area contributed by atoms with Gasteiger partial charge in [0.1, 0.15) is 22.7 Å². The van der Waals surface area contributed by atoms with Crippen molar-refractivity contribution >= 4 is 126 Å². The minimum absolute atomic E-state index is 0.868. The lowest BCUT2D eigenvalue weighted by Gasteiger charge is -2.39. The Balaban J connectivity index is 0.992. The van der Waals surface area contributed by atoms with Crippen molar-refractivity contribution in [2.24, 2.45) is 0 Å². The van der Waals surface area contributed by atoms with Crippen molar-refractivity contribution < 1.29 is 9.15 Å². The van der Waals surface area contributed by atoms with E-state index in [4.69, 9.17) is 9.15 Å². The molecule has 1 atom stereocenters. The Labute approximate surface area is 383 Å². The Morgan fingerprint density at radius 3 is 1.50 bits per heavy atom. The predicted octanol–water partition coefficient (Wildman–Crippen LogP) is 13.6. The number of hydrogen-bond acceptors (Lipinski definition) is 3. The van der Waals surface area contributed by atoms with Crippen molar-refractivity contribution in [1.29, 1.82) is 0 Å². The number of rotatable bonds is 4. The molecule has 66 heavy (non-hydrogen) atoms. The molecule has 4 aromatic heterocycles. The summed E-state index contributed by atoms with van der Waals surface area (Å²) in [5.41, 5.74) is 8.59. The monoisotopic (exact) mass is 876 g/mol. The Kier molecular flexibility index (Phi) is 7.37. The van der Waals surface area contributed by atoms with Crippen LogP contribution >= 0.6 is 11.3 Å². The molecule has 1 aliphatic rings. The molecule has 0 fully saturated rings. The fourth-order valence-corrected chi connectivity index (χ4v) is 17.5. The second kappa shape index (κ2) is 13.4. The summed E-state index contributed by atoms with van der Waals surface area (Å²) >= 11 is 1.86. The average molecular weight is 877 g/mol. The van der Waals surface area contributed by atoms with Crippen LogP contribution in [0.5, 0.6) is 11.5 Å². The summed E-state index contributed by atoms with van der Waals surface area (Å²) in [7, 11) is -3.14. The molecule has 0 bridgehead atoms. The highest BCUT2D eigenvalue weighted by Crippen LogP contribution is 2.40. The Hall–Kier alpha value is -8.16. The molecule has 6 heteroatoms. The molecule has 10 aromatic carbocycles. The number of benzene rings is 10. The first-order valence-electron chi connectivity index (χ1n) is 22.5. The summed E-state index contributed by atoms with van der Waals surface area (Å²) in [4.78, 5) is 0. The molecule has 14 aromatic rings. The number of hydrogen-bond donors (Lipinski definition) is 0. The van der Waals surface area contributed by atoms with Crippen molar-refractivity contribution in [3.63, 3.8) is 0 Å². The van der Waals surface area contributed by atoms with Crippen LogP contribution in [0.25, 0.3) is 97.1 Å². The van der Waals surface area contributed by atoms with E-state index in [1.165, 1.54) is 84.5 Å². The molecule has 0 spiro atoms. The van der Waals surface area contributed by atoms with Crippen LogP contribution < -0.4 is 25.5 Å². The zero-order valence-electron chi connectivity index (χ0n) is 35.4. The lowest BCUT2D eigenvalue weighted by atomic mass is 10.1. The largest absolute Gasteiger partial charge is 0.457 e. The van der Waals surface area contributed by atoms with E-state index in [1.54, 1.807) is 0 Å². The van der Waals surface area contributed by atoms with E-state index < -0.39 is 8.07 Å². The quantitative estimate of drug-likeness (QED) is 0.165. The topological polar surface area (TPSA) is 32.2 Å². The normalized spacial score (nSPS) is 14.8. The van der Waals surface area contributed by atoms with Gasteiger partial charge in [-0.15, -0.1) is 11.3 Å². The van der Waals surface area contributed by atoms with Crippen LogP contribution in [0.4, 0.5) is 0 Å². The fraction of sp³-hybridized carbons (Fsp3) is 0. The highest BCUT2D eigenvalue weighted by molar-refractivity contribution is 7.26. The lowest BCUT2D eigenvalue weighted by Crippen LogP contribution is -2.76. The van der Waals surface area contributed by atoms with Crippen molar-refractivity contribution in [1.82, 2.24) is 9.13 Å². The smallest absolute Gasteiger partial charge is 0.188 e. The van der Waals surface area contributed by atoms with Crippen LogP contribution in [0.3, 0.4) is 0 Å². The Morgan fingerprint density at radius 2 is 0.818 bits per heavy atom. The van der Waals surface area contributed by atoms with Crippen LogP contribution in [-0.4, -0.2) is 17.2 Å². The maximum atomic E-state index is 7.12. The van der Waals surface area contributed by atoms with Gasteiger partial charge in [-0.1, -0.05) is 140 Å². The van der Waals surface area contributed by atoms with Gasteiger partial charge >= 0.3 is 0 Å². The molecule has 0 saturated carbocycles. The van der Waals surface area contributed by atoms with Gasteiger partial charge < -0.3 is 18.3 Å². The van der Waals surface area contributed by atoms with Crippen LogP contribution in [0, 0.1) is 0 Å². The van der Waals surface area contributed by atoms with E-state index in [2.05, 4.69) is 228 Å². The number of fused-ring (bicyclic) bond motifs is 14. The number of thiophene rings is 1. The van der Waals surface area contributed by atoms with Gasteiger partial charge in [0.15, 0.2) is 8.07 Å². The van der Waals surface area contributed by atoms with E-state index in [-0.39, 0.29) is 0 Å². The summed E-state index contributed by atoms with van der Waals surface area (Å²) in [6, 6.07) is 80.2. The van der Waals surface area contributed by atoms with Gasteiger partial charge in [0, 0.05) is 76.0 Å². The minimum atomic E-state index is -3.14. The molecular formula is C60H36N2O2SSi. The van der Waals surface area contributed by atoms with Crippen molar-refractivity contribution in [2.45, 2.75) is 0 Å². The third kappa shape index (κ3) is 4.86. The standard InChI is InChI=1S/C60H36N2O2SSi/c1-6-18-49-41(13-1)42-14-2-7-19-50(42)61(49)37-25-29-45-46-30-27-40(36-55(46)64-54(45)33-37)66(39-28-31-58-48(35-39)47-17-5-11-23-57(47)65-58)59-24-12-10-22-53(59)63-56-34-38(26-32-60(56)66)62-51-20-8-3-15-43(51)44-16-4-9-21-52(44)62/h1-36H. The first-order valence-corrected chi connectivity index (χ1v) is 25.3. The number of para-hydroxylation sites is 5. The van der Waals surface area contributed by atoms with E-state index in [0.717, 1.165) is 44.8 Å². The number of furan rings is 1. The molecule has 4 nitrogen and oxygen atoms in total. The Bertz CT molecular complexity index is 4250. The molecule has 0 radical (unpaired) electrons. The van der Waals surface area contributed by atoms with E-state index in [9.17, 15) is 0 Å². The summed E-state index contributed by atoms with van der Waals surface area (Å²) in [6.45, 7) is 0. The van der Waals surface area contributed by atoms with Crippen LogP contribution in [0.1, 0.15) is 0 Å². The summed E-state index contributed by atoms with van der Waals surface area (Å²) in [5.74, 6) is 1.78. The maximum Gasteiger partial charge on any atom is 0.188 e. The molecule has 0 aliphatic carbocycles. The Morgan fingerprint density at radius 1 is 0.333 bits per heavy atom. The van der Waals surface area contributed by atoms with Crippen molar-refractivity contribution in [3.8, 4) is 22.9 Å². The van der Waals surface area contributed by atoms with Gasteiger partial charge in [-0.05, 0) is 87.5 Å². The predicted molar refractivity (Wildman–Crippen MR) is 279 cm³/mol. The van der Waals surface area contributed by atoms with E-state index in [1.807, 2.05) is 11.3 Å². The molecule has 1 aliphatic heterocycles. The number of aromatic nitrogens is 2. The molecule has 0 N–H and O–H groups in total. The third-order valence-electron chi connectivity index (χ3n) is 14.3. The highest BCUT2D eigenvalue weighted by Gasteiger charge is 2.48. The van der Waals surface area contributed by atoms with E-state index >= 15 is 0 Å². The zero-order valence-corrected chi connectivity index (χ0v) is 37.2. The number of nitrogens with zero attached hydrogens (tertiary/aromatic N) is 2. The fourth-order valence-electron chi connectivity index (χ4n) is 11.5. The summed E-state index contributed by atoms with van der Waals surface area (Å²) in [6.07, 6.45) is 0. The van der Waals surface area contributed by atoms with E-state index in [0.29, 0.717) is 0 Å². The van der Waals surface area contributed by atoms with Crippen LogP contribution in [0.2, 0.25) is 0 Å². The first kappa shape index (κ1) is 36.2. The number of ether oxygens (including phenoxy) is 1. The SMILES string of the molecule is c1ccc2c(c1)Oc1cc(-n3c4ccccc4c4ccccc43)ccc1[Si]2(c1ccc2c(c1)oc1cc(-n3c4ccccc4c4ccccc43)ccc12)c1ccc2sc3ccccc3c2c1. The molecule has 15 rings (SSSR count). The van der Waals surface area contributed by atoms with Gasteiger partial charge in [0.05, 0.1) is 22.1 Å². The minimum Gasteiger partial charge on any atom is -0.457 e. The summed E-state index contributed by atoms with van der Waals surface area (Å²) in [5, 5.41) is 14.7. The van der Waals surface area contributed by atoms with Gasteiger partial charge in [-0.2, -0.15) is 0 Å². The van der Waals surface area contributed by atoms with Crippen molar-refractivity contribution in [2.75, 3.05) is 0 Å². The molecule has 1 unspecified atom stereocenters. The van der Waals surface area contributed by atoms with Gasteiger partial charge in [-0.25, -0.2) is 0 Å². The maximum absolute atomic E-state index is 7.12. The average Bonchev–Trinajstić information content (AvgIpc) is 4.12. The van der Waals surface area contributed by atoms with Gasteiger partial charge in [-0.3, -0.25) is 0 Å². The highest BCUT2D eigenvalue weighted by atomic mass is 32.1. The van der Waals surface area contributed by atoms with Crippen LogP contribution in [-0.2, 0) is 0 Å². The third-order valence-corrected chi connectivity index (χ3v) is 20.2. The summed E-state index contributed by atoms with van der Waals surface area (Å²) < 4.78 is 21.5. The van der Waals surface area contributed by atoms with Crippen LogP contribution in [0.15, 0.2) is 223 Å². The molecule has 5 heterocycles. The van der Waals surface area contributed by atoms with Crippen molar-refractivity contribution in [3.05, 3.63) is 218 Å². The second-order valence-corrected chi connectivity index (χ2v) is 22.4.